The largest absolute Gasteiger partial charge is 0.370 e. The van der Waals surface area contributed by atoms with Crippen molar-refractivity contribution >= 4 is 41.3 Å². The SMILES string of the molecule is CCCN=C(N)NCCCc1nc(C)cs1.I. The molecule has 6 heteroatoms. The second-order valence-electron chi connectivity index (χ2n) is 3.68. The molecule has 0 amide bonds. The van der Waals surface area contributed by atoms with Gasteiger partial charge >= 0.3 is 0 Å². The molecule has 0 atom stereocenters. The lowest BCUT2D eigenvalue weighted by Crippen LogP contribution is -2.32. The van der Waals surface area contributed by atoms with Gasteiger partial charge in [-0.1, -0.05) is 6.92 Å². The van der Waals surface area contributed by atoms with Gasteiger partial charge < -0.3 is 11.1 Å². The topological polar surface area (TPSA) is 63.3 Å². The van der Waals surface area contributed by atoms with Crippen LogP contribution in [0.15, 0.2) is 10.4 Å². The molecule has 0 bridgehead atoms. The molecule has 1 aromatic heterocycles. The number of nitrogens with two attached hydrogens (primary N) is 1. The number of hydrogen-bond acceptors (Lipinski definition) is 3. The quantitative estimate of drug-likeness (QED) is 0.351. The molecule has 0 radical (unpaired) electrons. The highest BCUT2D eigenvalue weighted by Gasteiger charge is 1.98. The van der Waals surface area contributed by atoms with Crippen LogP contribution in [-0.2, 0) is 6.42 Å². The van der Waals surface area contributed by atoms with Crippen molar-refractivity contribution in [1.82, 2.24) is 10.3 Å². The number of hydrogen-bond donors (Lipinski definition) is 2. The van der Waals surface area contributed by atoms with Gasteiger partial charge in [-0.2, -0.15) is 0 Å². The van der Waals surface area contributed by atoms with Gasteiger partial charge in [-0.05, 0) is 19.8 Å². The van der Waals surface area contributed by atoms with Gasteiger partial charge in [0.1, 0.15) is 0 Å². The molecule has 0 aromatic carbocycles. The van der Waals surface area contributed by atoms with Crippen molar-refractivity contribution in [3.05, 3.63) is 16.1 Å². The molecule has 98 valence electrons. The zero-order valence-corrected chi connectivity index (χ0v) is 13.5. The van der Waals surface area contributed by atoms with Crippen molar-refractivity contribution < 1.29 is 0 Å². The van der Waals surface area contributed by atoms with Crippen LogP contribution >= 0.6 is 35.3 Å². The van der Waals surface area contributed by atoms with E-state index in [1.165, 1.54) is 5.01 Å². The summed E-state index contributed by atoms with van der Waals surface area (Å²) in [6, 6.07) is 0. The first-order valence-electron chi connectivity index (χ1n) is 5.67. The van der Waals surface area contributed by atoms with Gasteiger partial charge in [-0.25, -0.2) is 4.98 Å². The predicted octanol–water partition coefficient (Wildman–Crippen LogP) is 2.32. The second-order valence-corrected chi connectivity index (χ2v) is 4.62. The third kappa shape index (κ3) is 7.54. The number of guanidine groups is 1. The number of thiazole rings is 1. The first kappa shape index (κ1) is 16.6. The average molecular weight is 368 g/mol. The molecule has 0 spiro atoms. The van der Waals surface area contributed by atoms with Crippen LogP contribution in [0, 0.1) is 6.92 Å². The molecule has 0 unspecified atom stereocenters. The van der Waals surface area contributed by atoms with Gasteiger partial charge in [0.15, 0.2) is 5.96 Å². The summed E-state index contributed by atoms with van der Waals surface area (Å²) in [6.07, 6.45) is 3.07. The van der Waals surface area contributed by atoms with E-state index >= 15 is 0 Å². The van der Waals surface area contributed by atoms with E-state index in [4.69, 9.17) is 5.73 Å². The molecule has 1 rings (SSSR count). The molecule has 0 saturated heterocycles. The first-order chi connectivity index (χ1) is 7.72. The fourth-order valence-electron chi connectivity index (χ4n) is 1.26. The van der Waals surface area contributed by atoms with Crippen LogP contribution in [0.1, 0.15) is 30.5 Å². The highest BCUT2D eigenvalue weighted by atomic mass is 127. The molecule has 3 N–H and O–H groups in total. The fourth-order valence-corrected chi connectivity index (χ4v) is 2.08. The number of aromatic nitrogens is 1. The lowest BCUT2D eigenvalue weighted by Gasteiger charge is -2.03. The van der Waals surface area contributed by atoms with Gasteiger partial charge in [-0.3, -0.25) is 4.99 Å². The Hall–Kier alpha value is -0.370. The number of aliphatic imine (C=N–C) groups is 1. The van der Waals surface area contributed by atoms with Crippen molar-refractivity contribution in [1.29, 1.82) is 0 Å². The number of halogens is 1. The van der Waals surface area contributed by atoms with E-state index < -0.39 is 0 Å². The Morgan fingerprint density at radius 3 is 2.94 bits per heavy atom. The molecule has 0 aliphatic heterocycles. The van der Waals surface area contributed by atoms with Crippen LogP contribution < -0.4 is 11.1 Å². The maximum Gasteiger partial charge on any atom is 0.188 e. The van der Waals surface area contributed by atoms with Crippen molar-refractivity contribution in [3.63, 3.8) is 0 Å². The summed E-state index contributed by atoms with van der Waals surface area (Å²) in [5.74, 6) is 0.553. The van der Waals surface area contributed by atoms with Gasteiger partial charge in [0.2, 0.25) is 0 Å². The first-order valence-corrected chi connectivity index (χ1v) is 6.55. The van der Waals surface area contributed by atoms with Gasteiger partial charge in [0.05, 0.1) is 5.01 Å². The van der Waals surface area contributed by atoms with Crippen LogP contribution in [-0.4, -0.2) is 24.0 Å². The average Bonchev–Trinajstić information content (AvgIpc) is 2.67. The standard InChI is InChI=1S/C11H20N4S.HI/c1-3-6-13-11(12)14-7-4-5-10-15-9(2)8-16-10;/h8H,3-7H2,1-2H3,(H3,12,13,14);1H. The maximum atomic E-state index is 5.67. The van der Waals surface area contributed by atoms with Crippen LogP contribution in [0.25, 0.3) is 0 Å². The van der Waals surface area contributed by atoms with Crippen molar-refractivity contribution in [2.45, 2.75) is 33.1 Å². The zero-order chi connectivity index (χ0) is 11.8. The number of nitrogens with zero attached hydrogens (tertiary/aromatic N) is 2. The maximum absolute atomic E-state index is 5.67. The highest BCUT2D eigenvalue weighted by molar-refractivity contribution is 14.0. The minimum absolute atomic E-state index is 0. The monoisotopic (exact) mass is 368 g/mol. The number of aryl methyl sites for hydroxylation is 2. The van der Waals surface area contributed by atoms with E-state index in [1.807, 2.05) is 6.92 Å². The summed E-state index contributed by atoms with van der Waals surface area (Å²) < 4.78 is 0. The minimum Gasteiger partial charge on any atom is -0.370 e. The Morgan fingerprint density at radius 1 is 1.59 bits per heavy atom. The molecule has 0 aliphatic carbocycles. The van der Waals surface area contributed by atoms with E-state index in [9.17, 15) is 0 Å². The van der Waals surface area contributed by atoms with E-state index in [2.05, 4.69) is 27.6 Å². The third-order valence-corrected chi connectivity index (χ3v) is 3.07. The summed E-state index contributed by atoms with van der Waals surface area (Å²) in [6.45, 7) is 5.76. The Bertz CT molecular complexity index is 338. The molecule has 0 fully saturated rings. The predicted molar refractivity (Wildman–Crippen MR) is 85.4 cm³/mol. The molecule has 1 aromatic rings. The van der Waals surface area contributed by atoms with Crippen LogP contribution in [0.4, 0.5) is 0 Å². The molecule has 0 saturated carbocycles. The van der Waals surface area contributed by atoms with Crippen LogP contribution in [0.2, 0.25) is 0 Å². The van der Waals surface area contributed by atoms with Crippen molar-refractivity contribution in [2.75, 3.05) is 13.1 Å². The molecular weight excluding hydrogens is 347 g/mol. The number of nitrogens with one attached hydrogen (secondary N) is 1. The lowest BCUT2D eigenvalue weighted by molar-refractivity contribution is 0.759. The highest BCUT2D eigenvalue weighted by Crippen LogP contribution is 2.10. The van der Waals surface area contributed by atoms with E-state index in [0.717, 1.165) is 38.0 Å². The zero-order valence-electron chi connectivity index (χ0n) is 10.4. The summed E-state index contributed by atoms with van der Waals surface area (Å²) in [4.78, 5) is 8.57. The van der Waals surface area contributed by atoms with Crippen molar-refractivity contribution in [3.8, 4) is 0 Å². The summed E-state index contributed by atoms with van der Waals surface area (Å²) >= 11 is 1.72. The molecule has 17 heavy (non-hydrogen) atoms. The van der Waals surface area contributed by atoms with Gasteiger partial charge in [0.25, 0.3) is 0 Å². The lowest BCUT2D eigenvalue weighted by atomic mass is 10.3. The molecule has 4 nitrogen and oxygen atoms in total. The Morgan fingerprint density at radius 2 is 2.35 bits per heavy atom. The van der Waals surface area contributed by atoms with E-state index in [0.29, 0.717) is 5.96 Å². The smallest absolute Gasteiger partial charge is 0.188 e. The molecular formula is C11H21IN4S. The van der Waals surface area contributed by atoms with Gasteiger partial charge in [0, 0.05) is 30.6 Å². The Balaban J connectivity index is 0.00000256. The molecule has 1 heterocycles. The minimum atomic E-state index is 0. The summed E-state index contributed by atoms with van der Waals surface area (Å²) in [5.41, 5.74) is 6.78. The Labute approximate surface area is 124 Å². The fraction of sp³-hybridized carbons (Fsp3) is 0.636. The van der Waals surface area contributed by atoms with Gasteiger partial charge in [-0.15, -0.1) is 35.3 Å². The third-order valence-electron chi connectivity index (χ3n) is 2.05. The molecule has 0 aliphatic rings. The van der Waals surface area contributed by atoms with Crippen LogP contribution in [0.5, 0.6) is 0 Å². The van der Waals surface area contributed by atoms with E-state index in [-0.39, 0.29) is 24.0 Å². The van der Waals surface area contributed by atoms with Crippen LogP contribution in [0.3, 0.4) is 0 Å². The van der Waals surface area contributed by atoms with E-state index in [1.54, 1.807) is 11.3 Å². The van der Waals surface area contributed by atoms with Crippen molar-refractivity contribution in [2.24, 2.45) is 10.7 Å². The normalized spacial score (nSPS) is 11.1. The summed E-state index contributed by atoms with van der Waals surface area (Å²) in [7, 11) is 0. The second kappa shape index (κ2) is 9.64. The summed E-state index contributed by atoms with van der Waals surface area (Å²) in [5, 5.41) is 6.38. The number of rotatable bonds is 6. The Kier molecular flexibility index (Phi) is 9.43.